The average Bonchev–Trinajstić information content (AvgIpc) is 3.21. The van der Waals surface area contributed by atoms with Gasteiger partial charge in [-0.25, -0.2) is 4.39 Å². The van der Waals surface area contributed by atoms with Crippen molar-refractivity contribution in [3.05, 3.63) is 64.8 Å². The maximum absolute atomic E-state index is 14.4. The summed E-state index contributed by atoms with van der Waals surface area (Å²) in [6.07, 6.45) is 0. The summed E-state index contributed by atoms with van der Waals surface area (Å²) < 4.78 is 30.1. The molecule has 0 saturated heterocycles. The van der Waals surface area contributed by atoms with E-state index in [4.69, 9.17) is 14.2 Å². The fourth-order valence-electron chi connectivity index (χ4n) is 2.66. The van der Waals surface area contributed by atoms with Crippen molar-refractivity contribution in [2.24, 2.45) is 0 Å². The first-order valence-corrected chi connectivity index (χ1v) is 8.65. The van der Waals surface area contributed by atoms with E-state index in [0.29, 0.717) is 17.2 Å². The van der Waals surface area contributed by atoms with E-state index in [-0.39, 0.29) is 11.1 Å². The SMILES string of the molecule is COc1cc(C(=O)c2cc(-c3cccs3)ccc2F)cc(OC)c1OC. The van der Waals surface area contributed by atoms with Gasteiger partial charge in [-0.2, -0.15) is 0 Å². The predicted molar refractivity (Wildman–Crippen MR) is 99.2 cm³/mol. The molecule has 0 spiro atoms. The molecule has 3 aromatic rings. The minimum absolute atomic E-state index is 0.00910. The van der Waals surface area contributed by atoms with E-state index < -0.39 is 11.6 Å². The Morgan fingerprint density at radius 1 is 0.962 bits per heavy atom. The van der Waals surface area contributed by atoms with Gasteiger partial charge in [-0.1, -0.05) is 12.1 Å². The minimum atomic E-state index is -0.580. The molecule has 0 aliphatic rings. The van der Waals surface area contributed by atoms with Crippen molar-refractivity contribution < 1.29 is 23.4 Å². The van der Waals surface area contributed by atoms with Crippen LogP contribution in [0.1, 0.15) is 15.9 Å². The van der Waals surface area contributed by atoms with Crippen molar-refractivity contribution in [1.29, 1.82) is 0 Å². The summed E-state index contributed by atoms with van der Waals surface area (Å²) in [4.78, 5) is 13.9. The van der Waals surface area contributed by atoms with Crippen LogP contribution in [0.15, 0.2) is 47.8 Å². The highest BCUT2D eigenvalue weighted by atomic mass is 32.1. The van der Waals surface area contributed by atoms with Crippen LogP contribution in [0.25, 0.3) is 10.4 Å². The first-order chi connectivity index (χ1) is 12.6. The van der Waals surface area contributed by atoms with E-state index in [1.54, 1.807) is 12.1 Å². The number of hydrogen-bond donors (Lipinski definition) is 0. The van der Waals surface area contributed by atoms with Crippen molar-refractivity contribution in [1.82, 2.24) is 0 Å². The molecular weight excluding hydrogens is 355 g/mol. The van der Waals surface area contributed by atoms with Gasteiger partial charge in [0.15, 0.2) is 17.3 Å². The van der Waals surface area contributed by atoms with E-state index in [1.807, 2.05) is 17.5 Å². The van der Waals surface area contributed by atoms with Crippen LogP contribution < -0.4 is 14.2 Å². The summed E-state index contributed by atoms with van der Waals surface area (Å²) in [6, 6.07) is 11.4. The zero-order valence-electron chi connectivity index (χ0n) is 14.5. The van der Waals surface area contributed by atoms with Gasteiger partial charge in [0.25, 0.3) is 0 Å². The number of methoxy groups -OCH3 is 3. The first-order valence-electron chi connectivity index (χ1n) is 7.77. The van der Waals surface area contributed by atoms with Gasteiger partial charge in [-0.05, 0) is 41.3 Å². The topological polar surface area (TPSA) is 44.8 Å². The normalized spacial score (nSPS) is 10.5. The molecule has 0 unspecified atom stereocenters. The average molecular weight is 372 g/mol. The quantitative estimate of drug-likeness (QED) is 0.583. The molecule has 0 saturated carbocycles. The molecular formula is C20H17FO4S. The molecule has 0 aliphatic heterocycles. The number of hydrogen-bond acceptors (Lipinski definition) is 5. The van der Waals surface area contributed by atoms with Crippen LogP contribution in [-0.4, -0.2) is 27.1 Å². The highest BCUT2D eigenvalue weighted by Crippen LogP contribution is 2.39. The molecule has 2 aromatic carbocycles. The van der Waals surface area contributed by atoms with E-state index in [0.717, 1.165) is 10.4 Å². The molecule has 4 nitrogen and oxygen atoms in total. The van der Waals surface area contributed by atoms with Crippen LogP contribution in [-0.2, 0) is 0 Å². The molecule has 26 heavy (non-hydrogen) atoms. The van der Waals surface area contributed by atoms with Crippen molar-refractivity contribution >= 4 is 17.1 Å². The molecule has 3 rings (SSSR count). The standard InChI is InChI=1S/C20H17FO4S/c1-23-16-10-13(11-17(24-2)20(16)25-3)19(22)14-9-12(6-7-15(14)21)18-5-4-8-26-18/h4-11H,1-3H3. The second-order valence-corrected chi connectivity index (χ2v) is 6.36. The van der Waals surface area contributed by atoms with Crippen LogP contribution in [0.5, 0.6) is 17.2 Å². The Hall–Kier alpha value is -2.86. The van der Waals surface area contributed by atoms with Gasteiger partial charge in [0.1, 0.15) is 5.82 Å². The number of halogens is 1. The third-order valence-corrected chi connectivity index (χ3v) is 4.86. The van der Waals surface area contributed by atoms with Gasteiger partial charge in [-0.3, -0.25) is 4.79 Å². The molecule has 0 aliphatic carbocycles. The van der Waals surface area contributed by atoms with Crippen LogP contribution in [0.3, 0.4) is 0 Å². The Kier molecular flexibility index (Phi) is 5.23. The van der Waals surface area contributed by atoms with Crippen molar-refractivity contribution in [2.75, 3.05) is 21.3 Å². The first kappa shape index (κ1) is 17.9. The number of thiophene rings is 1. The van der Waals surface area contributed by atoms with Crippen molar-refractivity contribution in [2.45, 2.75) is 0 Å². The van der Waals surface area contributed by atoms with Crippen LogP contribution in [0.4, 0.5) is 4.39 Å². The van der Waals surface area contributed by atoms with Crippen LogP contribution in [0, 0.1) is 5.82 Å². The second-order valence-electron chi connectivity index (χ2n) is 5.42. The molecule has 0 N–H and O–H groups in total. The molecule has 134 valence electrons. The van der Waals surface area contributed by atoms with E-state index in [2.05, 4.69) is 0 Å². The zero-order valence-corrected chi connectivity index (χ0v) is 15.4. The third kappa shape index (κ3) is 3.28. The van der Waals surface area contributed by atoms with Gasteiger partial charge < -0.3 is 14.2 Å². The van der Waals surface area contributed by atoms with E-state index in [9.17, 15) is 9.18 Å². The second kappa shape index (κ2) is 7.58. The highest BCUT2D eigenvalue weighted by Gasteiger charge is 2.20. The number of benzene rings is 2. The van der Waals surface area contributed by atoms with Crippen molar-refractivity contribution in [3.63, 3.8) is 0 Å². The molecule has 0 atom stereocenters. The van der Waals surface area contributed by atoms with Gasteiger partial charge in [0.05, 0.1) is 26.9 Å². The lowest BCUT2D eigenvalue weighted by molar-refractivity contribution is 0.103. The van der Waals surface area contributed by atoms with Gasteiger partial charge in [-0.15, -0.1) is 11.3 Å². The summed E-state index contributed by atoms with van der Waals surface area (Å²) in [7, 11) is 4.40. The highest BCUT2D eigenvalue weighted by molar-refractivity contribution is 7.13. The summed E-state index contributed by atoms with van der Waals surface area (Å²) in [5.41, 5.74) is 1.03. The minimum Gasteiger partial charge on any atom is -0.493 e. The summed E-state index contributed by atoms with van der Waals surface area (Å²) in [5, 5.41) is 1.93. The van der Waals surface area contributed by atoms with Crippen molar-refractivity contribution in [3.8, 4) is 27.7 Å². The molecule has 0 amide bonds. The smallest absolute Gasteiger partial charge is 0.203 e. The molecule has 0 fully saturated rings. The predicted octanol–water partition coefficient (Wildman–Crippen LogP) is 4.81. The third-order valence-electron chi connectivity index (χ3n) is 3.94. The van der Waals surface area contributed by atoms with Crippen LogP contribution >= 0.6 is 11.3 Å². The Morgan fingerprint density at radius 3 is 2.19 bits per heavy atom. The maximum Gasteiger partial charge on any atom is 0.203 e. The Labute approximate surface area is 154 Å². The molecule has 0 radical (unpaired) electrons. The largest absolute Gasteiger partial charge is 0.493 e. The zero-order chi connectivity index (χ0) is 18.7. The Morgan fingerprint density at radius 2 is 1.65 bits per heavy atom. The van der Waals surface area contributed by atoms with E-state index in [1.165, 1.54) is 50.9 Å². The Balaban J connectivity index is 2.08. The van der Waals surface area contributed by atoms with Gasteiger partial charge in [0, 0.05) is 10.4 Å². The number of ether oxygens (including phenoxy) is 3. The summed E-state index contributed by atoms with van der Waals surface area (Å²) in [6.45, 7) is 0. The lowest BCUT2D eigenvalue weighted by atomic mass is 9.99. The lowest BCUT2D eigenvalue weighted by Crippen LogP contribution is -2.06. The van der Waals surface area contributed by atoms with Crippen LogP contribution in [0.2, 0.25) is 0 Å². The molecule has 1 heterocycles. The fourth-order valence-corrected chi connectivity index (χ4v) is 3.39. The number of carbonyl (C=O) groups excluding carboxylic acids is 1. The van der Waals surface area contributed by atoms with Gasteiger partial charge in [0.2, 0.25) is 5.75 Å². The molecule has 1 aromatic heterocycles. The fraction of sp³-hybridized carbons (Fsp3) is 0.150. The maximum atomic E-state index is 14.4. The number of rotatable bonds is 6. The lowest BCUT2D eigenvalue weighted by Gasteiger charge is -2.14. The summed E-state index contributed by atoms with van der Waals surface area (Å²) >= 11 is 1.52. The van der Waals surface area contributed by atoms with Gasteiger partial charge >= 0.3 is 0 Å². The number of ketones is 1. The Bertz CT molecular complexity index is 910. The molecule has 6 heteroatoms. The molecule has 0 bridgehead atoms. The summed E-state index contributed by atoms with van der Waals surface area (Å²) in [5.74, 6) is 0.0126. The number of carbonyl (C=O) groups is 1. The monoisotopic (exact) mass is 372 g/mol. The van der Waals surface area contributed by atoms with E-state index >= 15 is 0 Å².